The van der Waals surface area contributed by atoms with E-state index in [1.54, 1.807) is 27.7 Å². The van der Waals surface area contributed by atoms with E-state index in [0.29, 0.717) is 18.3 Å². The zero-order valence-corrected chi connectivity index (χ0v) is 42.9. The fourth-order valence-electron chi connectivity index (χ4n) is 7.70. The van der Waals surface area contributed by atoms with E-state index >= 15 is 0 Å². The molecule has 0 aliphatic heterocycles. The predicted molar refractivity (Wildman–Crippen MR) is 274 cm³/mol. The molecule has 0 radical (unpaired) electrons. The topological polar surface area (TPSA) is 78.9 Å². The van der Waals surface area contributed by atoms with Crippen LogP contribution in [-0.4, -0.2) is 37.7 Å². The molecule has 64 heavy (non-hydrogen) atoms. The van der Waals surface area contributed by atoms with E-state index in [0.717, 1.165) is 43.1 Å². The number of carbonyl (C=O) groups excluding carboxylic acids is 3. The van der Waals surface area contributed by atoms with Crippen molar-refractivity contribution in [3.8, 4) is 0 Å². The van der Waals surface area contributed by atoms with Crippen LogP contribution in [0.1, 0.15) is 173 Å². The van der Waals surface area contributed by atoms with Crippen LogP contribution in [0.4, 0.5) is 0 Å². The molecule has 360 valence electrons. The van der Waals surface area contributed by atoms with E-state index in [-0.39, 0.29) is 19.8 Å². The van der Waals surface area contributed by atoms with Gasteiger partial charge < -0.3 is 14.2 Å². The molecule has 5 unspecified atom stereocenters. The Morgan fingerprint density at radius 1 is 0.453 bits per heavy atom. The summed E-state index contributed by atoms with van der Waals surface area (Å²) >= 11 is 0. The average molecular weight is 885 g/mol. The zero-order chi connectivity index (χ0) is 48.3. The minimum Gasteiger partial charge on any atom is -0.465 e. The molecule has 5 atom stereocenters. The number of allylic oxidation sites excluding steroid dienone is 19. The molecule has 0 aliphatic carbocycles. The van der Waals surface area contributed by atoms with E-state index in [4.69, 9.17) is 14.2 Å². The van der Waals surface area contributed by atoms with Gasteiger partial charge in [0.2, 0.25) is 0 Å². The van der Waals surface area contributed by atoms with Crippen LogP contribution in [0, 0.1) is 35.0 Å². The van der Waals surface area contributed by atoms with Crippen LogP contribution in [0.3, 0.4) is 0 Å². The highest BCUT2D eigenvalue weighted by Crippen LogP contribution is 2.37. The second-order valence-electron chi connectivity index (χ2n) is 18.6. The van der Waals surface area contributed by atoms with Gasteiger partial charge in [-0.2, -0.15) is 0 Å². The van der Waals surface area contributed by atoms with E-state index in [1.165, 1.54) is 73.7 Å². The maximum Gasteiger partial charge on any atom is 0.335 e. The molecule has 0 heterocycles. The maximum absolute atomic E-state index is 13.1. The lowest BCUT2D eigenvalue weighted by molar-refractivity contribution is -0.188. The lowest BCUT2D eigenvalue weighted by atomic mass is 9.73. The number of esters is 3. The highest BCUT2D eigenvalue weighted by Gasteiger charge is 2.60. The normalized spacial score (nSPS) is 16.0. The monoisotopic (exact) mass is 885 g/mol. The van der Waals surface area contributed by atoms with Gasteiger partial charge in [0.25, 0.3) is 5.41 Å². The Hall–Kier alpha value is -4.19. The SMILES string of the molecule is C=C(C)C=CC=C(C)C=CC=C(C)C=CC=C(C)C=CC=C(C)C=CCC(C)CCCC(C)CCCC(C)CCCC(C)CCCC(C)C(C(=O)OCC)(C(=O)OCC)C(=O)OCC. The summed E-state index contributed by atoms with van der Waals surface area (Å²) in [6.45, 7) is 30.7. The average Bonchev–Trinajstić information content (AvgIpc) is 3.21. The van der Waals surface area contributed by atoms with E-state index in [9.17, 15) is 14.4 Å². The Balaban J connectivity index is 4.52. The number of hydrogen-bond donors (Lipinski definition) is 0. The Labute approximate surface area is 392 Å². The highest BCUT2D eigenvalue weighted by atomic mass is 16.6. The van der Waals surface area contributed by atoms with Crippen molar-refractivity contribution in [1.29, 1.82) is 0 Å². The molecule has 0 saturated carbocycles. The maximum atomic E-state index is 13.1. The third kappa shape index (κ3) is 27.2. The molecule has 0 amide bonds. The third-order valence-electron chi connectivity index (χ3n) is 11.9. The summed E-state index contributed by atoms with van der Waals surface area (Å²) < 4.78 is 15.7. The summed E-state index contributed by atoms with van der Waals surface area (Å²) in [5.41, 5.74) is 3.82. The van der Waals surface area contributed by atoms with Crippen molar-refractivity contribution >= 4 is 17.9 Å². The van der Waals surface area contributed by atoms with E-state index in [1.807, 2.05) is 19.1 Å². The van der Waals surface area contributed by atoms with Crippen molar-refractivity contribution in [2.45, 2.75) is 173 Å². The number of hydrogen-bond acceptors (Lipinski definition) is 6. The van der Waals surface area contributed by atoms with Crippen LogP contribution in [-0.2, 0) is 28.6 Å². The van der Waals surface area contributed by atoms with Gasteiger partial charge in [-0.3, -0.25) is 14.4 Å². The smallest absolute Gasteiger partial charge is 0.335 e. The third-order valence-corrected chi connectivity index (χ3v) is 11.9. The number of rotatable bonds is 34. The molecule has 0 aromatic rings. The molecule has 0 spiro atoms. The summed E-state index contributed by atoms with van der Waals surface area (Å²) in [5.74, 6) is -0.544. The van der Waals surface area contributed by atoms with Crippen molar-refractivity contribution < 1.29 is 28.6 Å². The number of carbonyl (C=O) groups is 3. The van der Waals surface area contributed by atoms with Crippen molar-refractivity contribution in [3.05, 3.63) is 120 Å². The molecule has 0 aromatic heterocycles. The molecule has 0 saturated heterocycles. The quantitative estimate of drug-likeness (QED) is 0.0277. The second-order valence-corrected chi connectivity index (χ2v) is 18.6. The van der Waals surface area contributed by atoms with E-state index in [2.05, 4.69) is 135 Å². The summed E-state index contributed by atoms with van der Waals surface area (Å²) in [4.78, 5) is 39.4. The van der Waals surface area contributed by atoms with Crippen LogP contribution in [0.15, 0.2) is 120 Å². The summed E-state index contributed by atoms with van der Waals surface area (Å²) in [6.07, 6.45) is 44.6. The Morgan fingerprint density at radius 3 is 1.08 bits per heavy atom. The molecular formula is C58H92O6. The minimum absolute atomic E-state index is 0.0577. The van der Waals surface area contributed by atoms with Crippen LogP contribution >= 0.6 is 0 Å². The van der Waals surface area contributed by atoms with Gasteiger partial charge in [0, 0.05) is 0 Å². The fraction of sp³-hybridized carbons (Fsp3) is 0.603. The summed E-state index contributed by atoms with van der Waals surface area (Å²) in [7, 11) is 0. The van der Waals surface area contributed by atoms with Crippen molar-refractivity contribution in [1.82, 2.24) is 0 Å². The molecule has 6 heteroatoms. The molecular weight excluding hydrogens is 793 g/mol. The number of ether oxygens (including phenoxy) is 3. The van der Waals surface area contributed by atoms with Gasteiger partial charge >= 0.3 is 17.9 Å². The largest absolute Gasteiger partial charge is 0.465 e. The molecule has 0 fully saturated rings. The fourth-order valence-corrected chi connectivity index (χ4v) is 7.70. The van der Waals surface area contributed by atoms with Crippen molar-refractivity contribution in [2.75, 3.05) is 19.8 Å². The molecule has 0 N–H and O–H groups in total. The molecule has 0 aromatic carbocycles. The molecule has 0 bridgehead atoms. The lowest BCUT2D eigenvalue weighted by Crippen LogP contribution is -2.53. The first-order chi connectivity index (χ1) is 30.4. The van der Waals surface area contributed by atoms with Crippen molar-refractivity contribution in [2.24, 2.45) is 35.0 Å². The van der Waals surface area contributed by atoms with Crippen molar-refractivity contribution in [3.63, 3.8) is 0 Å². The first kappa shape index (κ1) is 59.8. The van der Waals surface area contributed by atoms with Crippen LogP contribution in [0.5, 0.6) is 0 Å². The van der Waals surface area contributed by atoms with Gasteiger partial charge in [-0.25, -0.2) is 0 Å². The van der Waals surface area contributed by atoms with E-state index < -0.39 is 29.2 Å². The van der Waals surface area contributed by atoms with Crippen LogP contribution in [0.25, 0.3) is 0 Å². The first-order valence-corrected chi connectivity index (χ1v) is 24.7. The summed E-state index contributed by atoms with van der Waals surface area (Å²) in [5, 5.41) is 0. The highest BCUT2D eigenvalue weighted by molar-refractivity contribution is 6.18. The molecule has 6 nitrogen and oxygen atoms in total. The van der Waals surface area contributed by atoms with Gasteiger partial charge in [-0.1, -0.05) is 225 Å². The zero-order valence-electron chi connectivity index (χ0n) is 42.9. The lowest BCUT2D eigenvalue weighted by Gasteiger charge is -2.32. The van der Waals surface area contributed by atoms with Gasteiger partial charge in [0.1, 0.15) is 0 Å². The van der Waals surface area contributed by atoms with Crippen LogP contribution < -0.4 is 0 Å². The first-order valence-electron chi connectivity index (χ1n) is 24.7. The molecule has 0 aliphatic rings. The minimum atomic E-state index is -2.10. The molecule has 0 rings (SSSR count). The van der Waals surface area contributed by atoms with Crippen LogP contribution in [0.2, 0.25) is 0 Å². The summed E-state index contributed by atoms with van der Waals surface area (Å²) in [6, 6.07) is 0. The Kier molecular flexibility index (Phi) is 33.7. The van der Waals surface area contributed by atoms with Gasteiger partial charge in [-0.05, 0) is 97.8 Å². The Bertz CT molecular complexity index is 1600. The predicted octanol–water partition coefficient (Wildman–Crippen LogP) is 16.1. The van der Waals surface area contributed by atoms with Gasteiger partial charge in [-0.15, -0.1) is 0 Å². The van der Waals surface area contributed by atoms with Gasteiger partial charge in [0.15, 0.2) is 0 Å². The van der Waals surface area contributed by atoms with Gasteiger partial charge in [0.05, 0.1) is 19.8 Å². The second kappa shape index (κ2) is 36.1. The Morgan fingerprint density at radius 2 is 0.750 bits per heavy atom. The standard InChI is InChI=1S/C58H92O6/c1-15-62-55(59)58(56(60)63-16-2,57(61)64-17-3)54(14)44-26-43-53(13)42-25-41-52(12)40-24-39-51(11)38-23-37-50(10)36-22-35-49(9)34-21-33-48(8)32-20-31-47(7)30-19-29-46(6)28-18-27-45(4)5/h18-22,27-35,50-54H,4,15-17,23-26,36-44H2,1-3,5-14H3.